The van der Waals surface area contributed by atoms with Gasteiger partial charge in [-0.2, -0.15) is 0 Å². The second-order valence-electron chi connectivity index (χ2n) is 8.86. The summed E-state index contributed by atoms with van der Waals surface area (Å²) in [5.74, 6) is 1.79. The molecule has 0 saturated carbocycles. The summed E-state index contributed by atoms with van der Waals surface area (Å²) in [7, 11) is 0. The number of unbranched alkanes of at least 4 members (excludes halogenated alkanes) is 4. The first-order valence-corrected chi connectivity index (χ1v) is 11.8. The van der Waals surface area contributed by atoms with Crippen molar-refractivity contribution in [3.05, 3.63) is 90.0 Å². The number of benzene rings is 2. The van der Waals surface area contributed by atoms with Crippen LogP contribution in [0.5, 0.6) is 0 Å². The lowest BCUT2D eigenvalue weighted by Crippen LogP contribution is -2.43. The molecule has 2 nitrogen and oxygen atoms in total. The average Bonchev–Trinajstić information content (AvgIpc) is 3.23. The normalized spacial score (nSPS) is 14.4. The van der Waals surface area contributed by atoms with Crippen molar-refractivity contribution in [1.82, 2.24) is 4.98 Å². The van der Waals surface area contributed by atoms with Crippen LogP contribution in [0.1, 0.15) is 82.2 Å². The third-order valence-electron chi connectivity index (χ3n) is 6.65. The molecule has 0 fully saturated rings. The summed E-state index contributed by atoms with van der Waals surface area (Å²) >= 11 is 0. The highest BCUT2D eigenvalue weighted by Crippen LogP contribution is 2.42. The number of H-pyrrole nitrogens is 1. The van der Waals surface area contributed by atoms with Gasteiger partial charge in [0, 0.05) is 5.41 Å². The molecule has 3 rings (SSSR count). The molecule has 2 unspecified atom stereocenters. The van der Waals surface area contributed by atoms with Gasteiger partial charge >= 0.3 is 0 Å². The number of aromatic amines is 1. The summed E-state index contributed by atoms with van der Waals surface area (Å²) in [6, 6.07) is 22.1. The Balaban J connectivity index is 1.89. The molecule has 0 aliphatic heterocycles. The number of imidazole rings is 1. The van der Waals surface area contributed by atoms with E-state index in [9.17, 15) is 0 Å². The van der Waals surface area contributed by atoms with Crippen molar-refractivity contribution in [2.75, 3.05) is 0 Å². The van der Waals surface area contributed by atoms with Crippen LogP contribution in [-0.4, -0.2) is 4.98 Å². The Morgan fingerprint density at radius 1 is 0.867 bits per heavy atom. The highest BCUT2D eigenvalue weighted by molar-refractivity contribution is 5.32. The summed E-state index contributed by atoms with van der Waals surface area (Å²) < 4.78 is 2.48. The van der Waals surface area contributed by atoms with Gasteiger partial charge in [-0.05, 0) is 36.8 Å². The van der Waals surface area contributed by atoms with Crippen LogP contribution in [0.3, 0.4) is 0 Å². The molecule has 0 spiro atoms. The number of aromatic nitrogens is 2. The summed E-state index contributed by atoms with van der Waals surface area (Å²) in [5.41, 5.74) is 2.84. The molecule has 2 aromatic carbocycles. The van der Waals surface area contributed by atoms with Gasteiger partial charge in [0.25, 0.3) is 5.82 Å². The summed E-state index contributed by atoms with van der Waals surface area (Å²) in [5, 5.41) is 0. The fraction of sp³-hybridized carbons (Fsp3) is 0.464. The van der Waals surface area contributed by atoms with Crippen molar-refractivity contribution >= 4 is 0 Å². The first kappa shape index (κ1) is 22.3. The largest absolute Gasteiger partial charge is 0.258 e. The predicted molar refractivity (Wildman–Crippen MR) is 127 cm³/mol. The molecule has 30 heavy (non-hydrogen) atoms. The van der Waals surface area contributed by atoms with E-state index in [0.29, 0.717) is 5.92 Å². The standard InChI is InChI=1S/C28H38N2/c1-4-6-7-8-15-21-30-22-20-29-27(30)26(5-2)28(3,25-18-13-10-14-19-25)23-24-16-11-9-12-17-24/h9-14,16-20,22,26H,4-8,15,21,23H2,1-3H3/p+1. The Labute approximate surface area is 183 Å². The van der Waals surface area contributed by atoms with Gasteiger partial charge < -0.3 is 0 Å². The molecule has 0 amide bonds. The van der Waals surface area contributed by atoms with E-state index >= 15 is 0 Å². The van der Waals surface area contributed by atoms with Crippen LogP contribution in [-0.2, 0) is 18.4 Å². The van der Waals surface area contributed by atoms with Crippen molar-refractivity contribution in [2.45, 2.75) is 83.6 Å². The maximum absolute atomic E-state index is 3.63. The Hall–Kier alpha value is -2.35. The minimum absolute atomic E-state index is 0.0200. The van der Waals surface area contributed by atoms with E-state index in [1.165, 1.54) is 49.1 Å². The van der Waals surface area contributed by atoms with E-state index in [1.807, 2.05) is 0 Å². The van der Waals surface area contributed by atoms with Gasteiger partial charge in [0.05, 0.1) is 12.5 Å². The van der Waals surface area contributed by atoms with Crippen molar-refractivity contribution in [3.63, 3.8) is 0 Å². The van der Waals surface area contributed by atoms with Gasteiger partial charge in [0.2, 0.25) is 0 Å². The Morgan fingerprint density at radius 2 is 1.53 bits per heavy atom. The number of rotatable bonds is 12. The Morgan fingerprint density at radius 3 is 2.20 bits per heavy atom. The molecule has 0 aliphatic carbocycles. The molecule has 2 atom stereocenters. The topological polar surface area (TPSA) is 19.7 Å². The Bertz CT molecular complexity index is 853. The van der Waals surface area contributed by atoms with Crippen molar-refractivity contribution < 1.29 is 4.57 Å². The average molecular weight is 404 g/mol. The van der Waals surface area contributed by atoms with E-state index in [0.717, 1.165) is 19.4 Å². The second-order valence-corrected chi connectivity index (χ2v) is 8.86. The van der Waals surface area contributed by atoms with Crippen LogP contribution in [0.4, 0.5) is 0 Å². The quantitative estimate of drug-likeness (QED) is 0.249. The van der Waals surface area contributed by atoms with Crippen LogP contribution in [0.25, 0.3) is 0 Å². The minimum Gasteiger partial charge on any atom is -0.247 e. The van der Waals surface area contributed by atoms with E-state index in [-0.39, 0.29) is 5.41 Å². The molecule has 0 aliphatic rings. The minimum atomic E-state index is 0.0200. The maximum Gasteiger partial charge on any atom is 0.258 e. The third kappa shape index (κ3) is 5.41. The predicted octanol–water partition coefficient (Wildman–Crippen LogP) is 6.97. The lowest BCUT2D eigenvalue weighted by molar-refractivity contribution is -0.705. The van der Waals surface area contributed by atoms with Crippen molar-refractivity contribution in [2.24, 2.45) is 0 Å². The summed E-state index contributed by atoms with van der Waals surface area (Å²) in [6.45, 7) is 8.18. The molecule has 1 aromatic heterocycles. The van der Waals surface area contributed by atoms with Crippen LogP contribution in [0.2, 0.25) is 0 Å². The van der Waals surface area contributed by atoms with Gasteiger partial charge in [0.1, 0.15) is 12.4 Å². The van der Waals surface area contributed by atoms with Crippen molar-refractivity contribution in [1.29, 1.82) is 0 Å². The Kier molecular flexibility index (Phi) is 8.30. The fourth-order valence-corrected chi connectivity index (χ4v) is 4.97. The first-order valence-electron chi connectivity index (χ1n) is 11.8. The zero-order valence-corrected chi connectivity index (χ0v) is 19.1. The van der Waals surface area contributed by atoms with Gasteiger partial charge in [0.15, 0.2) is 0 Å². The molecule has 0 bridgehead atoms. The lowest BCUT2D eigenvalue weighted by atomic mass is 9.66. The summed E-state index contributed by atoms with van der Waals surface area (Å²) in [6.07, 6.45) is 13.1. The highest BCUT2D eigenvalue weighted by atomic mass is 15.1. The number of aryl methyl sites for hydroxylation is 1. The van der Waals surface area contributed by atoms with Gasteiger partial charge in [-0.1, -0.05) is 101 Å². The van der Waals surface area contributed by atoms with Crippen LogP contribution in [0.15, 0.2) is 73.1 Å². The highest BCUT2D eigenvalue weighted by Gasteiger charge is 2.41. The number of nitrogens with zero attached hydrogens (tertiary/aromatic N) is 1. The molecular formula is C28H39N2+. The summed E-state index contributed by atoms with van der Waals surface area (Å²) in [4.78, 5) is 3.63. The molecule has 1 N–H and O–H groups in total. The molecule has 0 saturated heterocycles. The molecule has 160 valence electrons. The molecular weight excluding hydrogens is 364 g/mol. The van der Waals surface area contributed by atoms with E-state index in [2.05, 4.69) is 103 Å². The van der Waals surface area contributed by atoms with E-state index < -0.39 is 0 Å². The van der Waals surface area contributed by atoms with E-state index in [4.69, 9.17) is 0 Å². The number of hydrogen-bond donors (Lipinski definition) is 1. The van der Waals surface area contributed by atoms with Crippen LogP contribution >= 0.6 is 0 Å². The first-order chi connectivity index (χ1) is 14.7. The van der Waals surface area contributed by atoms with Crippen LogP contribution < -0.4 is 4.57 Å². The molecule has 1 heterocycles. The SMILES string of the molecule is CCCCCCC[n+]1cc[nH]c1C(CC)C(C)(Cc1ccccc1)c1ccccc1. The zero-order chi connectivity index (χ0) is 21.2. The maximum atomic E-state index is 3.63. The van der Waals surface area contributed by atoms with E-state index in [1.54, 1.807) is 0 Å². The van der Waals surface area contributed by atoms with Crippen LogP contribution in [0, 0.1) is 0 Å². The van der Waals surface area contributed by atoms with Crippen molar-refractivity contribution in [3.8, 4) is 0 Å². The number of nitrogens with one attached hydrogen (secondary N) is 1. The number of hydrogen-bond acceptors (Lipinski definition) is 0. The fourth-order valence-electron chi connectivity index (χ4n) is 4.97. The van der Waals surface area contributed by atoms with Gasteiger partial charge in [-0.3, -0.25) is 0 Å². The van der Waals surface area contributed by atoms with Gasteiger partial charge in [-0.15, -0.1) is 0 Å². The zero-order valence-electron chi connectivity index (χ0n) is 19.1. The molecule has 0 radical (unpaired) electrons. The lowest BCUT2D eigenvalue weighted by Gasteiger charge is -2.36. The monoisotopic (exact) mass is 403 g/mol. The third-order valence-corrected chi connectivity index (χ3v) is 6.65. The smallest absolute Gasteiger partial charge is 0.247 e. The van der Waals surface area contributed by atoms with Gasteiger partial charge in [-0.25, -0.2) is 9.55 Å². The molecule has 3 aromatic rings. The second kappa shape index (κ2) is 11.2. The molecule has 2 heteroatoms.